The molecule has 0 saturated heterocycles. The summed E-state index contributed by atoms with van der Waals surface area (Å²) in [6, 6.07) is -0.623. The second-order valence-electron chi connectivity index (χ2n) is 24.2. The summed E-state index contributed by atoms with van der Waals surface area (Å²) in [5.41, 5.74) is 0. The molecule has 0 saturated carbocycles. The van der Waals surface area contributed by atoms with Gasteiger partial charge in [-0.2, -0.15) is 0 Å². The number of aliphatic hydroxyl groups excluding tert-OH is 2. The number of carbonyl (C=O) groups is 2. The van der Waals surface area contributed by atoms with Crippen molar-refractivity contribution in [3.8, 4) is 0 Å². The summed E-state index contributed by atoms with van der Waals surface area (Å²) >= 11 is 0. The average molecular weight is 1070 g/mol. The van der Waals surface area contributed by atoms with Gasteiger partial charge in [-0.15, -0.1) is 0 Å². The van der Waals surface area contributed by atoms with E-state index in [1.807, 2.05) is 6.08 Å². The van der Waals surface area contributed by atoms with Gasteiger partial charge in [-0.1, -0.05) is 366 Å². The van der Waals surface area contributed by atoms with Gasteiger partial charge < -0.3 is 20.3 Å². The van der Waals surface area contributed by atoms with E-state index in [-0.39, 0.29) is 18.5 Å². The first-order chi connectivity index (χ1) is 37.5. The van der Waals surface area contributed by atoms with Crippen molar-refractivity contribution in [2.24, 2.45) is 0 Å². The van der Waals surface area contributed by atoms with Crippen LogP contribution in [0.2, 0.25) is 0 Å². The summed E-state index contributed by atoms with van der Waals surface area (Å²) in [7, 11) is 0. The molecule has 0 aromatic carbocycles. The Kier molecular flexibility index (Phi) is 64.9. The molecular weight excluding hydrogens is 935 g/mol. The average Bonchev–Trinajstić information content (AvgIpc) is 3.42. The van der Waals surface area contributed by atoms with Crippen LogP contribution in [0.15, 0.2) is 12.2 Å². The molecule has 452 valence electrons. The maximum atomic E-state index is 12.5. The smallest absolute Gasteiger partial charge is 0.305 e. The fourth-order valence-electron chi connectivity index (χ4n) is 11.2. The number of hydrogen-bond donors (Lipinski definition) is 3. The third-order valence-corrected chi connectivity index (χ3v) is 16.6. The molecule has 0 aliphatic carbocycles. The van der Waals surface area contributed by atoms with E-state index in [0.29, 0.717) is 19.4 Å². The number of amides is 1. The van der Waals surface area contributed by atoms with Crippen molar-refractivity contribution in [3.63, 3.8) is 0 Å². The third-order valence-electron chi connectivity index (χ3n) is 16.6. The Hall–Kier alpha value is -1.40. The van der Waals surface area contributed by atoms with Crippen LogP contribution in [0, 0.1) is 0 Å². The van der Waals surface area contributed by atoms with Gasteiger partial charge in [-0.05, 0) is 32.1 Å². The molecular formula is C70H137NO5. The molecule has 0 radical (unpaired) electrons. The van der Waals surface area contributed by atoms with Crippen molar-refractivity contribution in [3.05, 3.63) is 12.2 Å². The largest absolute Gasteiger partial charge is 0.466 e. The summed E-state index contributed by atoms with van der Waals surface area (Å²) in [5.74, 6) is -0.0386. The zero-order valence-electron chi connectivity index (χ0n) is 51.8. The fraction of sp³-hybridized carbons (Fsp3) is 0.943. The molecule has 0 fully saturated rings. The Balaban J connectivity index is 3.31. The monoisotopic (exact) mass is 1070 g/mol. The van der Waals surface area contributed by atoms with E-state index in [0.717, 1.165) is 38.5 Å². The lowest BCUT2D eigenvalue weighted by atomic mass is 10.0. The van der Waals surface area contributed by atoms with Gasteiger partial charge in [0, 0.05) is 12.8 Å². The van der Waals surface area contributed by atoms with Crippen molar-refractivity contribution >= 4 is 11.9 Å². The summed E-state index contributed by atoms with van der Waals surface area (Å²) in [6.07, 6.45) is 81.6. The highest BCUT2D eigenvalue weighted by Crippen LogP contribution is 2.19. The quantitative estimate of drug-likeness (QED) is 0.0320. The SMILES string of the molecule is CCCCCCCCCCCC/C=C/C(O)C(CO)NC(=O)CCCCCCCCCCCCCCCCCCCCCCCCCCCCCCCOC(=O)CCCCCCCCCCCCCCCCCCCC. The van der Waals surface area contributed by atoms with Crippen LogP contribution >= 0.6 is 0 Å². The molecule has 2 atom stereocenters. The first kappa shape index (κ1) is 74.6. The molecule has 0 aliphatic rings. The van der Waals surface area contributed by atoms with Gasteiger partial charge in [0.25, 0.3) is 0 Å². The third kappa shape index (κ3) is 61.8. The first-order valence-electron chi connectivity index (χ1n) is 35.0. The van der Waals surface area contributed by atoms with E-state index >= 15 is 0 Å². The predicted molar refractivity (Wildman–Crippen MR) is 333 cm³/mol. The van der Waals surface area contributed by atoms with Crippen LogP contribution in [-0.4, -0.2) is 47.4 Å². The lowest BCUT2D eigenvalue weighted by Crippen LogP contribution is -2.45. The summed E-state index contributed by atoms with van der Waals surface area (Å²) in [4.78, 5) is 24.6. The predicted octanol–water partition coefficient (Wildman–Crippen LogP) is 22.4. The highest BCUT2D eigenvalue weighted by Gasteiger charge is 2.18. The topological polar surface area (TPSA) is 95.9 Å². The summed E-state index contributed by atoms with van der Waals surface area (Å²) in [5, 5.41) is 23.1. The molecule has 2 unspecified atom stereocenters. The molecule has 3 N–H and O–H groups in total. The number of carbonyl (C=O) groups excluding carboxylic acids is 2. The van der Waals surface area contributed by atoms with E-state index in [1.54, 1.807) is 6.08 Å². The number of esters is 1. The number of ether oxygens (including phenoxy) is 1. The Morgan fingerprint density at radius 2 is 0.605 bits per heavy atom. The number of allylic oxidation sites excluding steroid dienone is 1. The van der Waals surface area contributed by atoms with E-state index in [2.05, 4.69) is 19.2 Å². The highest BCUT2D eigenvalue weighted by molar-refractivity contribution is 5.76. The van der Waals surface area contributed by atoms with E-state index in [1.165, 1.54) is 334 Å². The number of rotatable bonds is 66. The molecule has 0 spiro atoms. The van der Waals surface area contributed by atoms with Crippen molar-refractivity contribution in [1.29, 1.82) is 0 Å². The van der Waals surface area contributed by atoms with Gasteiger partial charge in [0.2, 0.25) is 5.91 Å². The molecule has 0 aromatic rings. The van der Waals surface area contributed by atoms with Gasteiger partial charge in [0.05, 0.1) is 25.4 Å². The van der Waals surface area contributed by atoms with Crippen molar-refractivity contribution in [2.75, 3.05) is 13.2 Å². The van der Waals surface area contributed by atoms with E-state index in [9.17, 15) is 19.8 Å². The Morgan fingerprint density at radius 1 is 0.355 bits per heavy atom. The van der Waals surface area contributed by atoms with Crippen LogP contribution in [0.5, 0.6) is 0 Å². The van der Waals surface area contributed by atoms with E-state index < -0.39 is 12.1 Å². The molecule has 0 aliphatic heterocycles. The molecule has 0 aromatic heterocycles. The molecule has 6 nitrogen and oxygen atoms in total. The minimum Gasteiger partial charge on any atom is -0.466 e. The fourth-order valence-corrected chi connectivity index (χ4v) is 11.2. The zero-order chi connectivity index (χ0) is 55.0. The maximum absolute atomic E-state index is 12.5. The minimum atomic E-state index is -0.840. The minimum absolute atomic E-state index is 0.0244. The second kappa shape index (κ2) is 66.1. The van der Waals surface area contributed by atoms with Crippen LogP contribution in [-0.2, 0) is 14.3 Å². The highest BCUT2D eigenvalue weighted by atomic mass is 16.5. The van der Waals surface area contributed by atoms with Gasteiger partial charge in [-0.25, -0.2) is 0 Å². The van der Waals surface area contributed by atoms with Crippen molar-refractivity contribution in [1.82, 2.24) is 5.32 Å². The Morgan fingerprint density at radius 3 is 0.895 bits per heavy atom. The standard InChI is InChI=1S/C70H137NO5/c1-3-5-7-9-11-13-15-17-18-19-34-37-40-44-48-52-56-60-64-70(75)76-65-61-57-53-49-45-41-38-35-32-30-28-26-24-22-20-21-23-25-27-29-31-33-36-39-43-47-51-55-59-63-69(74)71-67(66-72)68(73)62-58-54-50-46-42-16-14-12-10-8-6-4-2/h58,62,67-68,72-73H,3-57,59-61,63-66H2,1-2H3,(H,71,74)/b62-58+. The lowest BCUT2D eigenvalue weighted by Gasteiger charge is -2.20. The number of hydrogen-bond acceptors (Lipinski definition) is 5. The van der Waals surface area contributed by atoms with Crippen molar-refractivity contribution < 1.29 is 24.5 Å². The van der Waals surface area contributed by atoms with Gasteiger partial charge in [0.1, 0.15) is 0 Å². The lowest BCUT2D eigenvalue weighted by molar-refractivity contribution is -0.143. The number of unbranched alkanes of at least 4 members (excludes halogenated alkanes) is 55. The van der Waals surface area contributed by atoms with Gasteiger partial charge >= 0.3 is 5.97 Å². The first-order valence-corrected chi connectivity index (χ1v) is 35.0. The normalized spacial score (nSPS) is 12.5. The Bertz CT molecular complexity index is 1140. The molecule has 1 amide bonds. The molecule has 0 bridgehead atoms. The van der Waals surface area contributed by atoms with E-state index in [4.69, 9.17) is 4.74 Å². The van der Waals surface area contributed by atoms with Crippen LogP contribution < -0.4 is 5.32 Å². The van der Waals surface area contributed by atoms with Crippen LogP contribution in [0.4, 0.5) is 0 Å². The molecule has 6 heteroatoms. The van der Waals surface area contributed by atoms with Crippen LogP contribution in [0.1, 0.15) is 399 Å². The molecule has 0 rings (SSSR count). The van der Waals surface area contributed by atoms with Crippen LogP contribution in [0.25, 0.3) is 0 Å². The Labute approximate surface area is 476 Å². The van der Waals surface area contributed by atoms with Crippen molar-refractivity contribution in [2.45, 2.75) is 411 Å². The second-order valence-corrected chi connectivity index (χ2v) is 24.2. The summed E-state index contributed by atoms with van der Waals surface area (Å²) in [6.45, 7) is 4.94. The van der Waals surface area contributed by atoms with Gasteiger partial charge in [-0.3, -0.25) is 9.59 Å². The van der Waals surface area contributed by atoms with Gasteiger partial charge in [0.15, 0.2) is 0 Å². The molecule has 0 heterocycles. The molecule has 76 heavy (non-hydrogen) atoms. The van der Waals surface area contributed by atoms with Crippen LogP contribution in [0.3, 0.4) is 0 Å². The zero-order valence-corrected chi connectivity index (χ0v) is 51.8. The maximum Gasteiger partial charge on any atom is 0.305 e. The summed E-state index contributed by atoms with van der Waals surface area (Å²) < 4.78 is 5.51. The number of nitrogens with one attached hydrogen (secondary N) is 1. The number of aliphatic hydroxyl groups is 2.